The van der Waals surface area contributed by atoms with Crippen LogP contribution < -0.4 is 20.4 Å². The minimum absolute atomic E-state index is 0.138. The molecule has 4 heterocycles. The number of hydrogen-bond donors (Lipinski definition) is 1. The van der Waals surface area contributed by atoms with Crippen molar-refractivity contribution < 1.29 is 13.9 Å². The minimum atomic E-state index is -0.481. The summed E-state index contributed by atoms with van der Waals surface area (Å²) in [5.74, 6) is -0.343. The number of rotatable bonds is 5. The van der Waals surface area contributed by atoms with Crippen molar-refractivity contribution >= 4 is 51.4 Å². The smallest absolute Gasteiger partial charge is 0.329 e. The van der Waals surface area contributed by atoms with Gasteiger partial charge in [0.2, 0.25) is 5.95 Å². The standard InChI is InChI=1S/C26H23ClFN7O2S/c27-17-2-4-18(5-3-17)34-9-10-35(26(34)36)21-15-16(1-6-19(21)28)23-22(20-7-8-30-24(29)31-20)32-25(38-23)33-11-13-37-14-12-33/h1-8,15H,9-14H2,(H2,29,30,31). The number of halogens is 2. The van der Waals surface area contributed by atoms with Gasteiger partial charge in [0.05, 0.1) is 29.5 Å². The van der Waals surface area contributed by atoms with Crippen molar-refractivity contribution in [2.75, 3.05) is 59.8 Å². The zero-order valence-electron chi connectivity index (χ0n) is 20.2. The second-order valence-electron chi connectivity index (χ2n) is 8.80. The molecule has 0 spiro atoms. The highest BCUT2D eigenvalue weighted by atomic mass is 35.5. The van der Waals surface area contributed by atoms with Crippen molar-refractivity contribution in [1.82, 2.24) is 15.0 Å². The van der Waals surface area contributed by atoms with Crippen LogP contribution in [0.25, 0.3) is 21.8 Å². The van der Waals surface area contributed by atoms with Gasteiger partial charge in [-0.3, -0.25) is 9.80 Å². The number of morpholine rings is 1. The normalized spacial score (nSPS) is 15.9. The molecule has 2 N–H and O–H groups in total. The van der Waals surface area contributed by atoms with Crippen molar-refractivity contribution in [3.05, 3.63) is 65.6 Å². The van der Waals surface area contributed by atoms with E-state index in [2.05, 4.69) is 14.9 Å². The molecule has 2 fully saturated rings. The van der Waals surface area contributed by atoms with Crippen LogP contribution in [0.2, 0.25) is 5.02 Å². The maximum Gasteiger partial charge on any atom is 0.329 e. The van der Waals surface area contributed by atoms with Crippen LogP contribution in [0.15, 0.2) is 54.7 Å². The molecule has 6 rings (SSSR count). The molecule has 2 aliphatic rings. The van der Waals surface area contributed by atoms with Gasteiger partial charge in [-0.05, 0) is 48.0 Å². The first-order valence-electron chi connectivity index (χ1n) is 12.0. The third-order valence-electron chi connectivity index (χ3n) is 6.46. The largest absolute Gasteiger partial charge is 0.378 e. The molecule has 2 aromatic heterocycles. The molecule has 2 aromatic carbocycles. The van der Waals surface area contributed by atoms with E-state index in [4.69, 9.17) is 27.1 Å². The molecule has 0 unspecified atom stereocenters. The Bertz CT molecular complexity index is 1490. The molecular formula is C26H23ClFN7O2S. The quantitative estimate of drug-likeness (QED) is 0.375. The Morgan fingerprint density at radius 1 is 0.974 bits per heavy atom. The van der Waals surface area contributed by atoms with E-state index >= 15 is 4.39 Å². The molecule has 9 nitrogen and oxygen atoms in total. The average Bonchev–Trinajstić information content (AvgIpc) is 3.55. The Labute approximate surface area is 227 Å². The van der Waals surface area contributed by atoms with E-state index < -0.39 is 5.82 Å². The number of hydrogen-bond acceptors (Lipinski definition) is 8. The van der Waals surface area contributed by atoms with E-state index in [9.17, 15) is 4.79 Å². The molecule has 194 valence electrons. The fraction of sp³-hybridized carbons (Fsp3) is 0.231. The molecule has 2 saturated heterocycles. The highest BCUT2D eigenvalue weighted by molar-refractivity contribution is 7.19. The minimum Gasteiger partial charge on any atom is -0.378 e. The number of nitrogens with two attached hydrogens (primary N) is 1. The predicted octanol–water partition coefficient (Wildman–Crippen LogP) is 4.93. The average molecular weight is 552 g/mol. The molecule has 0 radical (unpaired) electrons. The number of nitrogen functional groups attached to an aromatic ring is 1. The van der Waals surface area contributed by atoms with Gasteiger partial charge in [-0.15, -0.1) is 0 Å². The molecule has 0 saturated carbocycles. The molecule has 0 bridgehead atoms. The summed E-state index contributed by atoms with van der Waals surface area (Å²) in [4.78, 5) is 32.6. The zero-order valence-corrected chi connectivity index (χ0v) is 21.8. The van der Waals surface area contributed by atoms with Crippen LogP contribution >= 0.6 is 22.9 Å². The lowest BCUT2D eigenvalue weighted by atomic mass is 10.1. The predicted molar refractivity (Wildman–Crippen MR) is 148 cm³/mol. The number of carbonyl (C=O) groups excluding carboxylic acids is 1. The van der Waals surface area contributed by atoms with Crippen LogP contribution in [0.3, 0.4) is 0 Å². The van der Waals surface area contributed by atoms with Crippen LogP contribution in [0.5, 0.6) is 0 Å². The van der Waals surface area contributed by atoms with Crippen LogP contribution in [-0.2, 0) is 4.74 Å². The number of nitrogens with zero attached hydrogens (tertiary/aromatic N) is 6. The van der Waals surface area contributed by atoms with Gasteiger partial charge in [0, 0.05) is 43.1 Å². The second kappa shape index (κ2) is 10.2. The summed E-state index contributed by atoms with van der Waals surface area (Å²) in [6.45, 7) is 3.45. The Kier molecular flexibility index (Phi) is 6.56. The van der Waals surface area contributed by atoms with Gasteiger partial charge in [-0.25, -0.2) is 24.1 Å². The van der Waals surface area contributed by atoms with Crippen LogP contribution in [0.1, 0.15) is 0 Å². The van der Waals surface area contributed by atoms with E-state index in [1.807, 2.05) is 0 Å². The van der Waals surface area contributed by atoms with Crippen molar-refractivity contribution in [2.45, 2.75) is 0 Å². The fourth-order valence-electron chi connectivity index (χ4n) is 4.56. The fourth-order valence-corrected chi connectivity index (χ4v) is 5.80. The van der Waals surface area contributed by atoms with Gasteiger partial charge in [0.1, 0.15) is 11.5 Å². The number of amides is 2. The third-order valence-corrected chi connectivity index (χ3v) is 7.88. The highest BCUT2D eigenvalue weighted by Crippen LogP contribution is 2.42. The molecule has 2 aliphatic heterocycles. The number of thiazole rings is 1. The molecule has 0 aliphatic carbocycles. The molecule has 0 atom stereocenters. The lowest BCUT2D eigenvalue weighted by molar-refractivity contribution is 0.122. The van der Waals surface area contributed by atoms with Gasteiger partial charge in [-0.2, -0.15) is 0 Å². The first kappa shape index (κ1) is 24.5. The van der Waals surface area contributed by atoms with Crippen molar-refractivity contribution in [2.24, 2.45) is 0 Å². The zero-order chi connectivity index (χ0) is 26.2. The monoisotopic (exact) mass is 551 g/mol. The van der Waals surface area contributed by atoms with E-state index in [0.717, 1.165) is 28.7 Å². The van der Waals surface area contributed by atoms with Crippen LogP contribution in [0.4, 0.5) is 31.6 Å². The topological polar surface area (TPSA) is 101 Å². The third kappa shape index (κ3) is 4.64. The van der Waals surface area contributed by atoms with Gasteiger partial charge < -0.3 is 15.4 Å². The summed E-state index contributed by atoms with van der Waals surface area (Å²) >= 11 is 7.49. The Morgan fingerprint density at radius 2 is 1.74 bits per heavy atom. The summed E-state index contributed by atoms with van der Waals surface area (Å²) in [7, 11) is 0. The van der Waals surface area contributed by atoms with Gasteiger partial charge in [-0.1, -0.05) is 29.0 Å². The van der Waals surface area contributed by atoms with Crippen LogP contribution in [-0.4, -0.2) is 60.4 Å². The van der Waals surface area contributed by atoms with E-state index in [-0.39, 0.29) is 17.7 Å². The number of aromatic nitrogens is 3. The Balaban J connectivity index is 1.38. The molecule has 2 amide bonds. The Hall–Kier alpha value is -3.80. The number of ether oxygens (including phenoxy) is 1. The molecule has 38 heavy (non-hydrogen) atoms. The summed E-state index contributed by atoms with van der Waals surface area (Å²) in [5, 5.41) is 1.39. The van der Waals surface area contributed by atoms with E-state index in [0.29, 0.717) is 48.4 Å². The van der Waals surface area contributed by atoms with Gasteiger partial charge in [0.25, 0.3) is 0 Å². The van der Waals surface area contributed by atoms with Crippen molar-refractivity contribution in [1.29, 1.82) is 0 Å². The molecule has 4 aromatic rings. The first-order chi connectivity index (χ1) is 18.5. The SMILES string of the molecule is Nc1nccc(-c2nc(N3CCOCC3)sc2-c2ccc(F)c(N3CCN(c4ccc(Cl)cc4)C3=O)c2)n1. The lowest BCUT2D eigenvalue weighted by Crippen LogP contribution is -2.36. The summed E-state index contributed by atoms with van der Waals surface area (Å²) in [6.07, 6.45) is 1.58. The van der Waals surface area contributed by atoms with Gasteiger partial charge >= 0.3 is 6.03 Å². The summed E-state index contributed by atoms with van der Waals surface area (Å²) in [5.41, 5.74) is 8.70. The number of carbonyl (C=O) groups is 1. The maximum atomic E-state index is 15.2. The number of urea groups is 1. The molecule has 12 heteroatoms. The lowest BCUT2D eigenvalue weighted by Gasteiger charge is -2.26. The molecular weight excluding hydrogens is 529 g/mol. The Morgan fingerprint density at radius 3 is 2.50 bits per heavy atom. The van der Waals surface area contributed by atoms with Crippen molar-refractivity contribution in [3.63, 3.8) is 0 Å². The highest BCUT2D eigenvalue weighted by Gasteiger charge is 2.33. The van der Waals surface area contributed by atoms with Gasteiger partial charge in [0.15, 0.2) is 5.13 Å². The van der Waals surface area contributed by atoms with E-state index in [1.54, 1.807) is 53.6 Å². The van der Waals surface area contributed by atoms with E-state index in [1.165, 1.54) is 22.3 Å². The first-order valence-corrected chi connectivity index (χ1v) is 13.2. The number of benzene rings is 2. The summed E-state index contributed by atoms with van der Waals surface area (Å²) < 4.78 is 20.7. The van der Waals surface area contributed by atoms with Crippen LogP contribution in [0, 0.1) is 5.82 Å². The van der Waals surface area contributed by atoms with Crippen molar-refractivity contribution in [3.8, 4) is 21.8 Å². The second-order valence-corrected chi connectivity index (χ2v) is 10.2. The number of anilines is 4. The maximum absolute atomic E-state index is 15.2. The summed E-state index contributed by atoms with van der Waals surface area (Å²) in [6, 6.07) is 13.2.